The third-order valence-corrected chi connectivity index (χ3v) is 5.08. The maximum absolute atomic E-state index is 5.68. The first-order chi connectivity index (χ1) is 10.2. The molecule has 1 aromatic heterocycles. The lowest BCUT2D eigenvalue weighted by atomic mass is 9.78. The minimum Gasteiger partial charge on any atom is -0.379 e. The molecule has 3 rings (SSSR count). The Morgan fingerprint density at radius 1 is 1.29 bits per heavy atom. The summed E-state index contributed by atoms with van der Waals surface area (Å²) in [4.78, 5) is 0. The molecule has 2 heterocycles. The van der Waals surface area contributed by atoms with E-state index in [2.05, 4.69) is 30.5 Å². The van der Waals surface area contributed by atoms with E-state index in [1.54, 1.807) is 0 Å². The number of ether oxygens (including phenoxy) is 1. The molecule has 1 aliphatic carbocycles. The van der Waals surface area contributed by atoms with E-state index in [0.717, 1.165) is 25.0 Å². The minimum absolute atomic E-state index is 0.357. The number of hydrogen-bond acceptors (Lipinski definition) is 3. The standard InChI is InChI=1S/C17H29N3O/c1-13(2)16-7-3-4-8-17(16)19-14-10-18-20(11-14)12-15-6-5-9-21-15/h10-11,13,15-17,19H,3-9,12H2,1-2H3. The second-order valence-corrected chi connectivity index (χ2v) is 7.03. The topological polar surface area (TPSA) is 39.1 Å². The summed E-state index contributed by atoms with van der Waals surface area (Å²) in [6.45, 7) is 6.51. The van der Waals surface area contributed by atoms with Gasteiger partial charge >= 0.3 is 0 Å². The van der Waals surface area contributed by atoms with Gasteiger partial charge < -0.3 is 10.1 Å². The van der Waals surface area contributed by atoms with Crippen LogP contribution in [0.3, 0.4) is 0 Å². The predicted molar refractivity (Wildman–Crippen MR) is 85.4 cm³/mol. The predicted octanol–water partition coefficient (Wildman–Crippen LogP) is 3.69. The van der Waals surface area contributed by atoms with Crippen molar-refractivity contribution in [2.24, 2.45) is 11.8 Å². The van der Waals surface area contributed by atoms with Gasteiger partial charge in [0.25, 0.3) is 0 Å². The van der Waals surface area contributed by atoms with Gasteiger partial charge in [-0.1, -0.05) is 26.7 Å². The van der Waals surface area contributed by atoms with Crippen LogP contribution in [0.25, 0.3) is 0 Å². The van der Waals surface area contributed by atoms with E-state index >= 15 is 0 Å². The highest BCUT2D eigenvalue weighted by Gasteiger charge is 2.27. The highest BCUT2D eigenvalue weighted by molar-refractivity contribution is 5.39. The third-order valence-electron chi connectivity index (χ3n) is 5.08. The summed E-state index contributed by atoms with van der Waals surface area (Å²) < 4.78 is 7.72. The number of hydrogen-bond donors (Lipinski definition) is 1. The van der Waals surface area contributed by atoms with E-state index in [4.69, 9.17) is 4.74 Å². The van der Waals surface area contributed by atoms with E-state index in [9.17, 15) is 0 Å². The fourth-order valence-corrected chi connectivity index (χ4v) is 3.89. The fourth-order valence-electron chi connectivity index (χ4n) is 3.89. The van der Waals surface area contributed by atoms with Gasteiger partial charge in [-0.2, -0.15) is 5.10 Å². The smallest absolute Gasteiger partial charge is 0.0771 e. The van der Waals surface area contributed by atoms with Crippen LogP contribution < -0.4 is 5.32 Å². The van der Waals surface area contributed by atoms with Crippen LogP contribution in [-0.2, 0) is 11.3 Å². The minimum atomic E-state index is 0.357. The second kappa shape index (κ2) is 6.82. The lowest BCUT2D eigenvalue weighted by Gasteiger charge is -2.35. The highest BCUT2D eigenvalue weighted by atomic mass is 16.5. The maximum atomic E-state index is 5.68. The van der Waals surface area contributed by atoms with Gasteiger partial charge in [0.2, 0.25) is 0 Å². The van der Waals surface area contributed by atoms with Crippen molar-refractivity contribution in [2.75, 3.05) is 11.9 Å². The first kappa shape index (κ1) is 14.9. The van der Waals surface area contributed by atoms with Gasteiger partial charge in [0, 0.05) is 18.8 Å². The molecular weight excluding hydrogens is 262 g/mol. The quantitative estimate of drug-likeness (QED) is 0.899. The largest absolute Gasteiger partial charge is 0.379 e. The molecule has 3 unspecified atom stereocenters. The van der Waals surface area contributed by atoms with Gasteiger partial charge in [0.05, 0.1) is 24.5 Å². The van der Waals surface area contributed by atoms with Gasteiger partial charge in [-0.3, -0.25) is 4.68 Å². The van der Waals surface area contributed by atoms with Crippen LogP contribution in [0.4, 0.5) is 5.69 Å². The molecule has 1 saturated heterocycles. The average molecular weight is 291 g/mol. The molecule has 1 aliphatic heterocycles. The van der Waals surface area contributed by atoms with Crippen LogP contribution in [0.2, 0.25) is 0 Å². The van der Waals surface area contributed by atoms with Crippen molar-refractivity contribution in [1.29, 1.82) is 0 Å². The van der Waals surface area contributed by atoms with Crippen LogP contribution in [-0.4, -0.2) is 28.5 Å². The molecule has 3 atom stereocenters. The number of aromatic nitrogens is 2. The molecular formula is C17H29N3O. The van der Waals surface area contributed by atoms with Crippen LogP contribution in [0.5, 0.6) is 0 Å². The summed E-state index contributed by atoms with van der Waals surface area (Å²) in [6, 6.07) is 0.610. The summed E-state index contributed by atoms with van der Waals surface area (Å²) in [5.41, 5.74) is 1.17. The van der Waals surface area contributed by atoms with Gasteiger partial charge in [-0.15, -0.1) is 0 Å². The molecule has 0 spiro atoms. The zero-order valence-electron chi connectivity index (χ0n) is 13.4. The summed E-state index contributed by atoms with van der Waals surface area (Å²) in [7, 11) is 0. The normalized spacial score (nSPS) is 30.0. The number of anilines is 1. The van der Waals surface area contributed by atoms with Crippen molar-refractivity contribution in [2.45, 2.75) is 71.1 Å². The lowest BCUT2D eigenvalue weighted by Crippen LogP contribution is -2.35. The first-order valence-electron chi connectivity index (χ1n) is 8.63. The van der Waals surface area contributed by atoms with Crippen LogP contribution in [0, 0.1) is 11.8 Å². The van der Waals surface area contributed by atoms with E-state index < -0.39 is 0 Å². The lowest BCUT2D eigenvalue weighted by molar-refractivity contribution is 0.0940. The molecule has 4 nitrogen and oxygen atoms in total. The first-order valence-corrected chi connectivity index (χ1v) is 8.63. The molecule has 4 heteroatoms. The Labute approximate surface area is 128 Å². The van der Waals surface area contributed by atoms with Gasteiger partial charge in [-0.25, -0.2) is 0 Å². The summed E-state index contributed by atoms with van der Waals surface area (Å²) in [5.74, 6) is 1.55. The van der Waals surface area contributed by atoms with Crippen molar-refractivity contribution in [3.05, 3.63) is 12.4 Å². The van der Waals surface area contributed by atoms with Crippen LogP contribution in [0.1, 0.15) is 52.4 Å². The van der Waals surface area contributed by atoms with Crippen molar-refractivity contribution in [3.63, 3.8) is 0 Å². The molecule has 21 heavy (non-hydrogen) atoms. The Bertz CT molecular complexity index is 437. The molecule has 2 fully saturated rings. The monoisotopic (exact) mass is 291 g/mol. The third kappa shape index (κ3) is 3.79. The number of nitrogens with one attached hydrogen (secondary N) is 1. The average Bonchev–Trinajstić information content (AvgIpc) is 3.12. The molecule has 1 saturated carbocycles. The summed E-state index contributed by atoms with van der Waals surface area (Å²) in [5, 5.41) is 8.22. The Morgan fingerprint density at radius 3 is 2.90 bits per heavy atom. The van der Waals surface area contributed by atoms with Gasteiger partial charge in [0.15, 0.2) is 0 Å². The fraction of sp³-hybridized carbons (Fsp3) is 0.824. The van der Waals surface area contributed by atoms with E-state index in [1.165, 1.54) is 44.2 Å². The van der Waals surface area contributed by atoms with Crippen molar-refractivity contribution < 1.29 is 4.74 Å². The summed E-state index contributed by atoms with van der Waals surface area (Å²) >= 11 is 0. The molecule has 0 radical (unpaired) electrons. The molecule has 0 aromatic carbocycles. The van der Waals surface area contributed by atoms with Gasteiger partial charge in [0.1, 0.15) is 0 Å². The molecule has 2 aliphatic rings. The van der Waals surface area contributed by atoms with Gasteiger partial charge in [-0.05, 0) is 37.5 Å². The molecule has 1 N–H and O–H groups in total. The molecule has 0 bridgehead atoms. The zero-order chi connectivity index (χ0) is 14.7. The molecule has 0 amide bonds. The van der Waals surface area contributed by atoms with E-state index in [1.807, 2.05) is 10.9 Å². The van der Waals surface area contributed by atoms with Crippen LogP contribution in [0.15, 0.2) is 12.4 Å². The zero-order valence-corrected chi connectivity index (χ0v) is 13.4. The van der Waals surface area contributed by atoms with Crippen molar-refractivity contribution >= 4 is 5.69 Å². The Morgan fingerprint density at radius 2 is 2.14 bits per heavy atom. The number of rotatable bonds is 5. The van der Waals surface area contributed by atoms with Crippen molar-refractivity contribution in [3.8, 4) is 0 Å². The second-order valence-electron chi connectivity index (χ2n) is 7.03. The maximum Gasteiger partial charge on any atom is 0.0771 e. The Hall–Kier alpha value is -1.03. The summed E-state index contributed by atoms with van der Waals surface area (Å²) in [6.07, 6.45) is 12.2. The highest BCUT2D eigenvalue weighted by Crippen LogP contribution is 2.32. The Balaban J connectivity index is 1.57. The van der Waals surface area contributed by atoms with E-state index in [0.29, 0.717) is 12.1 Å². The number of nitrogens with zero attached hydrogens (tertiary/aromatic N) is 2. The molecule has 118 valence electrons. The van der Waals surface area contributed by atoms with Crippen molar-refractivity contribution in [1.82, 2.24) is 9.78 Å². The molecule has 1 aromatic rings. The van der Waals surface area contributed by atoms with Crippen LogP contribution >= 0.6 is 0 Å². The Kier molecular flexibility index (Phi) is 4.84. The van der Waals surface area contributed by atoms with E-state index in [-0.39, 0.29) is 0 Å². The SMILES string of the molecule is CC(C)C1CCCCC1Nc1cnn(CC2CCCO2)c1.